The largest absolute Gasteiger partial charge is 0.492 e. The molecule has 0 aliphatic heterocycles. The summed E-state index contributed by atoms with van der Waals surface area (Å²) in [7, 11) is 0. The first-order valence-electron chi connectivity index (χ1n) is 5.50. The van der Waals surface area contributed by atoms with E-state index in [1.807, 2.05) is 12.1 Å². The number of alkyl halides is 1. The maximum absolute atomic E-state index is 6.19. The van der Waals surface area contributed by atoms with Gasteiger partial charge < -0.3 is 4.74 Å². The van der Waals surface area contributed by atoms with Gasteiger partial charge in [0.1, 0.15) is 5.75 Å². The Labute approximate surface area is 111 Å². The van der Waals surface area contributed by atoms with Crippen LogP contribution in [0.2, 0.25) is 5.02 Å². The lowest BCUT2D eigenvalue weighted by Gasteiger charge is -2.23. The van der Waals surface area contributed by atoms with E-state index in [1.165, 1.54) is 5.56 Å². The van der Waals surface area contributed by atoms with Gasteiger partial charge in [0.25, 0.3) is 0 Å². The Balaban J connectivity index is 2.90. The van der Waals surface area contributed by atoms with Gasteiger partial charge in [0.05, 0.1) is 11.6 Å². The number of ether oxygens (including phenoxy) is 1. The van der Waals surface area contributed by atoms with Crippen molar-refractivity contribution < 1.29 is 4.74 Å². The number of hydrogen-bond acceptors (Lipinski definition) is 1. The molecule has 0 saturated carbocycles. The van der Waals surface area contributed by atoms with E-state index < -0.39 is 0 Å². The summed E-state index contributed by atoms with van der Waals surface area (Å²) in [6.07, 6.45) is 0.991. The number of halogens is 2. The van der Waals surface area contributed by atoms with Gasteiger partial charge in [0.15, 0.2) is 0 Å². The van der Waals surface area contributed by atoms with Gasteiger partial charge in [-0.2, -0.15) is 0 Å². The van der Waals surface area contributed by atoms with Gasteiger partial charge in [-0.25, -0.2) is 0 Å². The summed E-state index contributed by atoms with van der Waals surface area (Å²) >= 11 is 9.71. The van der Waals surface area contributed by atoms with E-state index in [1.54, 1.807) is 0 Å². The Bertz CT molecular complexity index is 350. The van der Waals surface area contributed by atoms with Crippen molar-refractivity contribution in [3.05, 3.63) is 28.8 Å². The second-order valence-electron chi connectivity index (χ2n) is 4.51. The molecule has 1 aromatic rings. The van der Waals surface area contributed by atoms with Crippen LogP contribution in [0.4, 0.5) is 0 Å². The molecule has 1 nitrogen and oxygen atoms in total. The molecule has 1 aromatic carbocycles. The third-order valence-electron chi connectivity index (χ3n) is 2.51. The van der Waals surface area contributed by atoms with Crippen LogP contribution in [0.3, 0.4) is 0 Å². The third kappa shape index (κ3) is 3.39. The van der Waals surface area contributed by atoms with Crippen molar-refractivity contribution >= 4 is 27.5 Å². The molecule has 0 aliphatic carbocycles. The molecule has 0 spiro atoms. The highest BCUT2D eigenvalue weighted by molar-refractivity contribution is 9.09. The van der Waals surface area contributed by atoms with Gasteiger partial charge in [-0.1, -0.05) is 54.4 Å². The predicted octanol–water partition coefficient (Wildman–Crippen LogP) is 4.80. The monoisotopic (exact) mass is 304 g/mol. The second-order valence-corrected chi connectivity index (χ2v) is 5.48. The minimum Gasteiger partial charge on any atom is -0.492 e. The summed E-state index contributed by atoms with van der Waals surface area (Å²) in [5.41, 5.74) is 1.31. The van der Waals surface area contributed by atoms with E-state index in [2.05, 4.69) is 42.8 Å². The first-order valence-corrected chi connectivity index (χ1v) is 7.00. The molecule has 0 heterocycles. The first-order chi connectivity index (χ1) is 7.51. The van der Waals surface area contributed by atoms with E-state index in [0.29, 0.717) is 11.6 Å². The van der Waals surface area contributed by atoms with Crippen LogP contribution in [0.25, 0.3) is 0 Å². The minimum atomic E-state index is 0.0902. The van der Waals surface area contributed by atoms with Crippen molar-refractivity contribution in [1.29, 1.82) is 0 Å². The zero-order chi connectivity index (χ0) is 12.2. The fraction of sp³-hybridized carbons (Fsp3) is 0.538. The Morgan fingerprint density at radius 2 is 2.06 bits per heavy atom. The van der Waals surface area contributed by atoms with Crippen molar-refractivity contribution in [3.63, 3.8) is 0 Å². The lowest BCUT2D eigenvalue weighted by atomic mass is 9.87. The molecule has 0 bridgehead atoms. The molecule has 90 valence electrons. The quantitative estimate of drug-likeness (QED) is 0.710. The van der Waals surface area contributed by atoms with Crippen LogP contribution in [0, 0.1) is 0 Å². The van der Waals surface area contributed by atoms with Gasteiger partial charge in [-0.15, -0.1) is 0 Å². The van der Waals surface area contributed by atoms with E-state index in [0.717, 1.165) is 17.5 Å². The average molecular weight is 306 g/mol. The highest BCUT2D eigenvalue weighted by atomic mass is 79.9. The van der Waals surface area contributed by atoms with Crippen LogP contribution in [-0.4, -0.2) is 11.9 Å². The summed E-state index contributed by atoms with van der Waals surface area (Å²) in [6, 6.07) is 6.03. The lowest BCUT2D eigenvalue weighted by Crippen LogP contribution is -2.18. The van der Waals surface area contributed by atoms with Crippen LogP contribution >= 0.6 is 27.5 Å². The van der Waals surface area contributed by atoms with Gasteiger partial charge >= 0.3 is 0 Å². The van der Waals surface area contributed by atoms with Crippen LogP contribution in [0.15, 0.2) is 18.2 Å². The molecule has 0 saturated heterocycles. The maximum atomic E-state index is 6.19. The number of hydrogen-bond donors (Lipinski definition) is 0. The molecule has 3 heteroatoms. The van der Waals surface area contributed by atoms with E-state index in [4.69, 9.17) is 16.3 Å². The molecule has 0 unspecified atom stereocenters. The summed E-state index contributed by atoms with van der Waals surface area (Å²) < 4.78 is 5.54. The van der Waals surface area contributed by atoms with Gasteiger partial charge in [-0.05, 0) is 29.5 Å². The summed E-state index contributed by atoms with van der Waals surface area (Å²) in [4.78, 5) is 0. The van der Waals surface area contributed by atoms with Crippen LogP contribution in [0.1, 0.15) is 32.8 Å². The lowest BCUT2D eigenvalue weighted by molar-refractivity contribution is 0.317. The Kier molecular flexibility index (Phi) is 5.13. The Morgan fingerprint density at radius 1 is 1.38 bits per heavy atom. The standard InChI is InChI=1S/C13H18BrClO/c1-4-7-16-12-6-5-10(8-11(12)15)13(2,3)9-14/h5-6,8H,4,7,9H2,1-3H3. The number of rotatable bonds is 5. The van der Waals surface area contributed by atoms with Gasteiger partial charge in [0.2, 0.25) is 0 Å². The summed E-state index contributed by atoms with van der Waals surface area (Å²) in [6.45, 7) is 7.15. The molecule has 0 radical (unpaired) electrons. The molecule has 0 aromatic heterocycles. The maximum Gasteiger partial charge on any atom is 0.137 e. The average Bonchev–Trinajstić information content (AvgIpc) is 2.27. The minimum absolute atomic E-state index is 0.0902. The molecular formula is C13H18BrClO. The van der Waals surface area contributed by atoms with Gasteiger partial charge in [-0.3, -0.25) is 0 Å². The zero-order valence-electron chi connectivity index (χ0n) is 10.0. The van der Waals surface area contributed by atoms with Crippen molar-refractivity contribution in [2.75, 3.05) is 11.9 Å². The summed E-state index contributed by atoms with van der Waals surface area (Å²) in [5.74, 6) is 0.776. The highest BCUT2D eigenvalue weighted by Gasteiger charge is 2.20. The topological polar surface area (TPSA) is 9.23 Å². The Hall–Kier alpha value is -0.210. The molecule has 1 rings (SSSR count). The predicted molar refractivity (Wildman–Crippen MR) is 74.1 cm³/mol. The van der Waals surface area contributed by atoms with Crippen LogP contribution in [0.5, 0.6) is 5.75 Å². The first kappa shape index (κ1) is 13.9. The van der Waals surface area contributed by atoms with Crippen molar-refractivity contribution in [2.24, 2.45) is 0 Å². The second kappa shape index (κ2) is 5.92. The van der Waals surface area contributed by atoms with Gasteiger partial charge in [0, 0.05) is 5.33 Å². The van der Waals surface area contributed by atoms with Crippen molar-refractivity contribution in [3.8, 4) is 5.75 Å². The molecular weight excluding hydrogens is 287 g/mol. The third-order valence-corrected chi connectivity index (χ3v) is 4.21. The summed E-state index contributed by atoms with van der Waals surface area (Å²) in [5, 5.41) is 1.60. The Morgan fingerprint density at radius 3 is 2.56 bits per heavy atom. The molecule has 0 aliphatic rings. The fourth-order valence-electron chi connectivity index (χ4n) is 1.33. The smallest absolute Gasteiger partial charge is 0.137 e. The number of benzene rings is 1. The van der Waals surface area contributed by atoms with E-state index in [9.17, 15) is 0 Å². The van der Waals surface area contributed by atoms with Crippen molar-refractivity contribution in [2.45, 2.75) is 32.6 Å². The molecule has 0 amide bonds. The molecule has 0 atom stereocenters. The van der Waals surface area contributed by atoms with Crippen molar-refractivity contribution in [1.82, 2.24) is 0 Å². The SMILES string of the molecule is CCCOc1ccc(C(C)(C)CBr)cc1Cl. The van der Waals surface area contributed by atoms with E-state index >= 15 is 0 Å². The van der Waals surface area contributed by atoms with Crippen LogP contribution < -0.4 is 4.74 Å². The molecule has 0 fully saturated rings. The normalized spacial score (nSPS) is 11.6. The van der Waals surface area contributed by atoms with E-state index in [-0.39, 0.29) is 5.41 Å². The van der Waals surface area contributed by atoms with Crippen LogP contribution in [-0.2, 0) is 5.41 Å². The highest BCUT2D eigenvalue weighted by Crippen LogP contribution is 2.32. The molecule has 16 heavy (non-hydrogen) atoms. The molecule has 0 N–H and O–H groups in total. The zero-order valence-corrected chi connectivity index (χ0v) is 12.4. The fourth-order valence-corrected chi connectivity index (χ4v) is 1.89.